The number of halogens is 5. The molecular weight excluding hydrogens is 471 g/mol. The Labute approximate surface area is 188 Å². The molecule has 0 unspecified atom stereocenters. The van der Waals surface area contributed by atoms with E-state index in [4.69, 9.17) is 5.53 Å². The van der Waals surface area contributed by atoms with Crippen molar-refractivity contribution in [1.29, 1.82) is 0 Å². The molecule has 34 heavy (non-hydrogen) atoms. The van der Waals surface area contributed by atoms with Crippen molar-refractivity contribution < 1.29 is 45.8 Å². The number of carbonyl (C=O) groups is 3. The summed E-state index contributed by atoms with van der Waals surface area (Å²) in [5.74, 6) is -16.4. The average molecular weight is 486 g/mol. The maximum Gasteiger partial charge on any atom is 0.418 e. The molecule has 1 amide bonds. The van der Waals surface area contributed by atoms with Gasteiger partial charge in [0.05, 0.1) is 5.56 Å². The maximum absolute atomic E-state index is 13.8. The van der Waals surface area contributed by atoms with E-state index in [-0.39, 0.29) is 31.5 Å². The number of hydrogen-bond acceptors (Lipinski definition) is 6. The topological polar surface area (TPSA) is 122 Å². The van der Waals surface area contributed by atoms with Gasteiger partial charge in [-0.05, 0) is 30.5 Å². The zero-order valence-corrected chi connectivity index (χ0v) is 17.1. The molecule has 0 atom stereocenters. The Balaban J connectivity index is 2.15. The number of rotatable bonds is 9. The second-order valence-electron chi connectivity index (χ2n) is 6.48. The first kappa shape index (κ1) is 26.1. The molecule has 2 aromatic rings. The number of esters is 2. The Morgan fingerprint density at radius 1 is 0.912 bits per heavy atom. The number of benzene rings is 2. The van der Waals surface area contributed by atoms with Gasteiger partial charge in [0.25, 0.3) is 0 Å². The van der Waals surface area contributed by atoms with Gasteiger partial charge in [-0.1, -0.05) is 23.3 Å². The lowest BCUT2D eigenvalue weighted by atomic mass is 10.2. The first-order valence-corrected chi connectivity index (χ1v) is 9.46. The molecule has 0 saturated heterocycles. The van der Waals surface area contributed by atoms with Crippen LogP contribution in [0.1, 0.15) is 23.2 Å². The third kappa shape index (κ3) is 6.65. The summed E-state index contributed by atoms with van der Waals surface area (Å²) in [5.41, 5.74) is 8.27. The van der Waals surface area contributed by atoms with Gasteiger partial charge in [-0.3, -0.25) is 4.90 Å². The molecule has 14 heteroatoms. The van der Waals surface area contributed by atoms with Crippen LogP contribution in [0.3, 0.4) is 0 Å². The summed E-state index contributed by atoms with van der Waals surface area (Å²) in [5, 5.41) is 3.28. The molecular formula is C20H15F5N4O5. The number of ether oxygens (including phenoxy) is 2. The van der Waals surface area contributed by atoms with Crippen molar-refractivity contribution in [3.8, 4) is 5.75 Å². The third-order valence-corrected chi connectivity index (χ3v) is 4.15. The zero-order valence-electron chi connectivity index (χ0n) is 17.1. The van der Waals surface area contributed by atoms with Crippen molar-refractivity contribution in [3.63, 3.8) is 0 Å². The van der Waals surface area contributed by atoms with Gasteiger partial charge in [0.2, 0.25) is 34.8 Å². The summed E-state index contributed by atoms with van der Waals surface area (Å²) < 4.78 is 76.2. The highest BCUT2D eigenvalue weighted by Gasteiger charge is 2.30. The first-order valence-electron chi connectivity index (χ1n) is 9.46. The molecule has 2 rings (SSSR count). The van der Waals surface area contributed by atoms with Crippen LogP contribution in [0, 0.1) is 29.1 Å². The quantitative estimate of drug-likeness (QED) is 0.0488. The molecule has 9 nitrogen and oxygen atoms in total. The number of azide groups is 1. The number of carbonyl (C=O) groups excluding carboxylic acids is 3. The highest BCUT2D eigenvalue weighted by molar-refractivity contribution is 5.96. The minimum absolute atomic E-state index is 0.00291. The van der Waals surface area contributed by atoms with E-state index in [9.17, 15) is 36.3 Å². The summed E-state index contributed by atoms with van der Waals surface area (Å²) >= 11 is 0. The second-order valence-corrected chi connectivity index (χ2v) is 6.48. The van der Waals surface area contributed by atoms with E-state index in [0.717, 1.165) is 0 Å². The molecule has 0 aliphatic heterocycles. The molecule has 0 aliphatic rings. The highest BCUT2D eigenvalue weighted by Crippen LogP contribution is 2.29. The van der Waals surface area contributed by atoms with Gasteiger partial charge < -0.3 is 9.47 Å². The lowest BCUT2D eigenvalue weighted by Gasteiger charge is -2.20. The summed E-state index contributed by atoms with van der Waals surface area (Å²) in [4.78, 5) is 39.8. The van der Waals surface area contributed by atoms with E-state index >= 15 is 0 Å². The standard InChI is InChI=1S/C20H15F5N4O5/c21-13-14(22)16(24)18(17(25)15(13)23)33-12(30)10-29(9-5-4-8-27-28-26)20(32)34-19(31)11-6-2-1-3-7-11/h1-3,6-7H,4-5,8-10H2. The fourth-order valence-corrected chi connectivity index (χ4v) is 2.52. The Hall–Kier alpha value is -4.19. The van der Waals surface area contributed by atoms with Crippen molar-refractivity contribution in [3.05, 3.63) is 75.4 Å². The van der Waals surface area contributed by atoms with Gasteiger partial charge in [0.1, 0.15) is 6.54 Å². The summed E-state index contributed by atoms with van der Waals surface area (Å²) in [6.07, 6.45) is -0.969. The normalized spacial score (nSPS) is 10.3. The lowest BCUT2D eigenvalue weighted by molar-refractivity contribution is -0.135. The van der Waals surface area contributed by atoms with Gasteiger partial charge in [-0.15, -0.1) is 0 Å². The van der Waals surface area contributed by atoms with Gasteiger partial charge in [-0.2, -0.15) is 8.78 Å². The highest BCUT2D eigenvalue weighted by atomic mass is 19.2. The molecule has 0 bridgehead atoms. The van der Waals surface area contributed by atoms with Crippen LogP contribution in [0.25, 0.3) is 10.4 Å². The Morgan fingerprint density at radius 2 is 1.50 bits per heavy atom. The minimum Gasteiger partial charge on any atom is -0.419 e. The Bertz CT molecular complexity index is 1100. The number of hydrogen-bond donors (Lipinski definition) is 0. The maximum atomic E-state index is 13.8. The lowest BCUT2D eigenvalue weighted by Crippen LogP contribution is -2.39. The number of nitrogens with zero attached hydrogens (tertiary/aromatic N) is 4. The smallest absolute Gasteiger partial charge is 0.418 e. The van der Waals surface area contributed by atoms with E-state index in [1.54, 1.807) is 6.07 Å². The molecule has 0 saturated carbocycles. The van der Waals surface area contributed by atoms with Crippen LogP contribution < -0.4 is 4.74 Å². The molecule has 0 fully saturated rings. The number of unbranched alkanes of at least 4 members (excludes halogenated alkanes) is 1. The van der Waals surface area contributed by atoms with E-state index < -0.39 is 59.4 Å². The summed E-state index contributed by atoms with van der Waals surface area (Å²) in [7, 11) is 0. The Morgan fingerprint density at radius 3 is 2.09 bits per heavy atom. The van der Waals surface area contributed by atoms with Gasteiger partial charge >= 0.3 is 18.0 Å². The predicted molar refractivity (Wildman–Crippen MR) is 104 cm³/mol. The second kappa shape index (κ2) is 12.2. The van der Waals surface area contributed by atoms with Gasteiger partial charge in [-0.25, -0.2) is 27.6 Å². The van der Waals surface area contributed by atoms with Crippen LogP contribution in [0.15, 0.2) is 35.4 Å². The fraction of sp³-hybridized carbons (Fsp3) is 0.250. The summed E-state index contributed by atoms with van der Waals surface area (Å²) in [6.45, 7) is -1.30. The van der Waals surface area contributed by atoms with Crippen molar-refractivity contribution in [1.82, 2.24) is 4.90 Å². The van der Waals surface area contributed by atoms with Crippen LogP contribution in [-0.4, -0.2) is 42.6 Å². The average Bonchev–Trinajstić information content (AvgIpc) is 2.83. The molecule has 0 radical (unpaired) electrons. The van der Waals surface area contributed by atoms with Crippen molar-refractivity contribution in [2.45, 2.75) is 12.8 Å². The van der Waals surface area contributed by atoms with Crippen LogP contribution in [0.4, 0.5) is 26.7 Å². The van der Waals surface area contributed by atoms with Crippen molar-refractivity contribution >= 4 is 18.0 Å². The third-order valence-electron chi connectivity index (χ3n) is 4.15. The largest absolute Gasteiger partial charge is 0.419 e. The molecule has 0 aliphatic carbocycles. The minimum atomic E-state index is -2.44. The molecule has 0 N–H and O–H groups in total. The zero-order chi connectivity index (χ0) is 25.3. The SMILES string of the molecule is [N-]=[N+]=NCCCCN(CC(=O)Oc1c(F)c(F)c(F)c(F)c1F)C(=O)OC(=O)c1ccccc1. The molecule has 2 aromatic carbocycles. The van der Waals surface area contributed by atoms with Gasteiger partial charge in [0, 0.05) is 18.0 Å². The van der Waals surface area contributed by atoms with Crippen LogP contribution >= 0.6 is 0 Å². The fourth-order valence-electron chi connectivity index (χ4n) is 2.52. The molecule has 0 heterocycles. The molecule has 180 valence electrons. The number of amides is 1. The van der Waals surface area contributed by atoms with Gasteiger partial charge in [0.15, 0.2) is 0 Å². The monoisotopic (exact) mass is 486 g/mol. The van der Waals surface area contributed by atoms with Crippen LogP contribution in [0.5, 0.6) is 5.75 Å². The van der Waals surface area contributed by atoms with E-state index in [1.807, 2.05) is 0 Å². The first-order chi connectivity index (χ1) is 16.2. The van der Waals surface area contributed by atoms with Crippen molar-refractivity contribution in [2.24, 2.45) is 5.11 Å². The van der Waals surface area contributed by atoms with Crippen molar-refractivity contribution in [2.75, 3.05) is 19.6 Å². The summed E-state index contributed by atoms with van der Waals surface area (Å²) in [6, 6.07) is 7.28. The predicted octanol–water partition coefficient (Wildman–Crippen LogP) is 4.66. The molecule has 0 aromatic heterocycles. The van der Waals surface area contributed by atoms with Crippen LogP contribution in [-0.2, 0) is 9.53 Å². The molecule has 0 spiro atoms. The van der Waals surface area contributed by atoms with E-state index in [2.05, 4.69) is 19.5 Å². The van der Waals surface area contributed by atoms with E-state index in [1.165, 1.54) is 24.3 Å². The Kier molecular flexibility index (Phi) is 9.32. The van der Waals surface area contributed by atoms with E-state index in [0.29, 0.717) is 4.90 Å². The van der Waals surface area contributed by atoms with Crippen LogP contribution in [0.2, 0.25) is 0 Å².